The normalized spacial score (nSPS) is 21.7. The Morgan fingerprint density at radius 2 is 2.05 bits per heavy atom. The molecule has 1 fully saturated rings. The van der Waals surface area contributed by atoms with Gasteiger partial charge >= 0.3 is 5.97 Å². The summed E-state index contributed by atoms with van der Waals surface area (Å²) in [6.45, 7) is 6.46. The van der Waals surface area contributed by atoms with Crippen LogP contribution in [-0.4, -0.2) is 35.6 Å². The van der Waals surface area contributed by atoms with E-state index in [2.05, 4.69) is 10.6 Å². The molecule has 110 valence electrons. The van der Waals surface area contributed by atoms with Crippen LogP contribution in [0.2, 0.25) is 0 Å². The Balaban J connectivity index is 2.38. The van der Waals surface area contributed by atoms with E-state index in [1.807, 2.05) is 20.8 Å². The van der Waals surface area contributed by atoms with Gasteiger partial charge in [-0.2, -0.15) is 0 Å². The van der Waals surface area contributed by atoms with Crippen molar-refractivity contribution in [3.05, 3.63) is 0 Å². The van der Waals surface area contributed by atoms with Gasteiger partial charge in [0.05, 0.1) is 0 Å². The van der Waals surface area contributed by atoms with Crippen molar-refractivity contribution in [3.8, 4) is 0 Å². The van der Waals surface area contributed by atoms with Crippen LogP contribution in [0, 0.1) is 5.41 Å². The number of carboxylic acids is 1. The zero-order chi connectivity index (χ0) is 14.5. The van der Waals surface area contributed by atoms with Gasteiger partial charge in [-0.05, 0) is 31.2 Å². The summed E-state index contributed by atoms with van der Waals surface area (Å²) in [6.07, 6.45) is 4.68. The Morgan fingerprint density at radius 1 is 1.37 bits per heavy atom. The molecule has 3 N–H and O–H groups in total. The minimum Gasteiger partial charge on any atom is -0.480 e. The quantitative estimate of drug-likeness (QED) is 0.708. The highest BCUT2D eigenvalue weighted by atomic mass is 16.4. The minimum atomic E-state index is -0.975. The average Bonchev–Trinajstić information content (AvgIpc) is 2.33. The Kier molecular flexibility index (Phi) is 5.79. The highest BCUT2D eigenvalue weighted by Gasteiger charge is 2.32. The summed E-state index contributed by atoms with van der Waals surface area (Å²) < 4.78 is 0. The SMILES string of the molecule is CC(C)(C)[C@@H](NC(=O)CCC1CCCCN1)C(=O)O. The summed E-state index contributed by atoms with van der Waals surface area (Å²) in [6, 6.07) is -0.434. The minimum absolute atomic E-state index is 0.172. The van der Waals surface area contributed by atoms with Gasteiger partial charge in [-0.15, -0.1) is 0 Å². The molecular formula is C14H26N2O3. The van der Waals surface area contributed by atoms with E-state index < -0.39 is 17.4 Å². The third-order valence-electron chi connectivity index (χ3n) is 3.55. The van der Waals surface area contributed by atoms with Crippen LogP contribution in [-0.2, 0) is 9.59 Å². The van der Waals surface area contributed by atoms with Crippen molar-refractivity contribution in [2.45, 2.75) is 65.0 Å². The van der Waals surface area contributed by atoms with Crippen LogP contribution < -0.4 is 10.6 Å². The fraction of sp³-hybridized carbons (Fsp3) is 0.857. The Bertz CT molecular complexity index is 317. The molecule has 2 atom stereocenters. The number of carbonyl (C=O) groups excluding carboxylic acids is 1. The molecule has 19 heavy (non-hydrogen) atoms. The third kappa shape index (κ3) is 5.59. The topological polar surface area (TPSA) is 78.4 Å². The summed E-state index contributed by atoms with van der Waals surface area (Å²) in [7, 11) is 0. The van der Waals surface area contributed by atoms with Gasteiger partial charge in [-0.3, -0.25) is 4.79 Å². The van der Waals surface area contributed by atoms with Crippen molar-refractivity contribution in [2.75, 3.05) is 6.54 Å². The molecule has 5 heteroatoms. The van der Waals surface area contributed by atoms with Crippen molar-refractivity contribution in [3.63, 3.8) is 0 Å². The Morgan fingerprint density at radius 3 is 2.53 bits per heavy atom. The molecule has 0 bridgehead atoms. The predicted octanol–water partition coefficient (Wildman–Crippen LogP) is 1.52. The molecule has 1 rings (SSSR count). The van der Waals surface area contributed by atoms with Crippen LogP contribution >= 0.6 is 0 Å². The van der Waals surface area contributed by atoms with Crippen LogP contribution in [0.1, 0.15) is 52.9 Å². The fourth-order valence-electron chi connectivity index (χ4n) is 2.36. The maximum Gasteiger partial charge on any atom is 0.326 e. The van der Waals surface area contributed by atoms with E-state index in [0.717, 1.165) is 19.4 Å². The number of carbonyl (C=O) groups is 2. The molecule has 0 aromatic heterocycles. The molecule has 1 saturated heterocycles. The number of carboxylic acid groups (broad SMARTS) is 1. The number of piperidine rings is 1. The van der Waals surface area contributed by atoms with E-state index in [4.69, 9.17) is 5.11 Å². The first-order valence-corrected chi connectivity index (χ1v) is 7.06. The van der Waals surface area contributed by atoms with Crippen LogP contribution in [0.3, 0.4) is 0 Å². The Labute approximate surface area is 115 Å². The lowest BCUT2D eigenvalue weighted by atomic mass is 9.86. The summed E-state index contributed by atoms with van der Waals surface area (Å²) >= 11 is 0. The zero-order valence-corrected chi connectivity index (χ0v) is 12.2. The van der Waals surface area contributed by atoms with Gasteiger partial charge in [0.2, 0.25) is 5.91 Å². The molecule has 1 unspecified atom stereocenters. The van der Waals surface area contributed by atoms with Crippen molar-refractivity contribution in [2.24, 2.45) is 5.41 Å². The molecule has 0 aromatic rings. The smallest absolute Gasteiger partial charge is 0.326 e. The molecule has 0 spiro atoms. The van der Waals surface area contributed by atoms with Gasteiger partial charge < -0.3 is 15.7 Å². The van der Waals surface area contributed by atoms with Crippen LogP contribution in [0.4, 0.5) is 0 Å². The fourth-order valence-corrected chi connectivity index (χ4v) is 2.36. The van der Waals surface area contributed by atoms with E-state index in [9.17, 15) is 9.59 Å². The van der Waals surface area contributed by atoms with Crippen molar-refractivity contribution in [1.29, 1.82) is 0 Å². The number of hydrogen-bond acceptors (Lipinski definition) is 3. The molecule has 0 aliphatic carbocycles. The predicted molar refractivity (Wildman–Crippen MR) is 73.9 cm³/mol. The number of aliphatic carboxylic acids is 1. The van der Waals surface area contributed by atoms with E-state index in [1.54, 1.807) is 0 Å². The number of nitrogens with one attached hydrogen (secondary N) is 2. The average molecular weight is 270 g/mol. The molecule has 0 aromatic carbocycles. The second-order valence-electron chi connectivity index (χ2n) is 6.39. The van der Waals surface area contributed by atoms with Gasteiger partial charge in [-0.1, -0.05) is 27.2 Å². The second kappa shape index (κ2) is 6.89. The maximum absolute atomic E-state index is 11.8. The summed E-state index contributed by atoms with van der Waals surface area (Å²) in [4.78, 5) is 23.0. The summed E-state index contributed by atoms with van der Waals surface area (Å²) in [5.41, 5.74) is -0.482. The lowest BCUT2D eigenvalue weighted by Crippen LogP contribution is -2.49. The largest absolute Gasteiger partial charge is 0.480 e. The second-order valence-corrected chi connectivity index (χ2v) is 6.39. The molecular weight excluding hydrogens is 244 g/mol. The highest BCUT2D eigenvalue weighted by Crippen LogP contribution is 2.20. The zero-order valence-electron chi connectivity index (χ0n) is 12.2. The molecule has 1 heterocycles. The van der Waals surface area contributed by atoms with E-state index >= 15 is 0 Å². The van der Waals surface area contributed by atoms with E-state index in [-0.39, 0.29) is 5.91 Å². The standard InChI is InChI=1S/C14H26N2O3/c1-14(2,3)12(13(18)19)16-11(17)8-7-10-6-4-5-9-15-10/h10,12,15H,4-9H2,1-3H3,(H,16,17)(H,18,19)/t10?,12-/m0/s1. The van der Waals surface area contributed by atoms with Gasteiger partial charge in [-0.25, -0.2) is 4.79 Å². The lowest BCUT2D eigenvalue weighted by Gasteiger charge is -2.28. The van der Waals surface area contributed by atoms with Crippen LogP contribution in [0.15, 0.2) is 0 Å². The molecule has 0 radical (unpaired) electrons. The van der Waals surface area contributed by atoms with Crippen LogP contribution in [0.5, 0.6) is 0 Å². The van der Waals surface area contributed by atoms with Gasteiger partial charge in [0.25, 0.3) is 0 Å². The summed E-state index contributed by atoms with van der Waals surface area (Å²) in [5, 5.41) is 15.2. The Hall–Kier alpha value is -1.10. The highest BCUT2D eigenvalue weighted by molar-refractivity contribution is 5.84. The summed E-state index contributed by atoms with van der Waals surface area (Å²) in [5.74, 6) is -1.15. The third-order valence-corrected chi connectivity index (χ3v) is 3.55. The molecule has 1 amide bonds. The number of hydrogen-bond donors (Lipinski definition) is 3. The molecule has 1 aliphatic rings. The molecule has 1 aliphatic heterocycles. The van der Waals surface area contributed by atoms with Crippen molar-refractivity contribution in [1.82, 2.24) is 10.6 Å². The first kappa shape index (κ1) is 16.0. The van der Waals surface area contributed by atoms with Gasteiger partial charge in [0.15, 0.2) is 0 Å². The van der Waals surface area contributed by atoms with Gasteiger partial charge in [0.1, 0.15) is 6.04 Å². The number of amides is 1. The van der Waals surface area contributed by atoms with Crippen LogP contribution in [0.25, 0.3) is 0 Å². The number of rotatable bonds is 5. The molecule has 5 nitrogen and oxygen atoms in total. The van der Waals surface area contributed by atoms with Crippen molar-refractivity contribution >= 4 is 11.9 Å². The lowest BCUT2D eigenvalue weighted by molar-refractivity contribution is -0.145. The first-order chi connectivity index (χ1) is 8.80. The monoisotopic (exact) mass is 270 g/mol. The maximum atomic E-state index is 11.8. The van der Waals surface area contributed by atoms with Crippen molar-refractivity contribution < 1.29 is 14.7 Å². The molecule has 0 saturated carbocycles. The van der Waals surface area contributed by atoms with E-state index in [1.165, 1.54) is 12.8 Å². The van der Waals surface area contributed by atoms with E-state index in [0.29, 0.717) is 12.5 Å². The first-order valence-electron chi connectivity index (χ1n) is 7.06. The van der Waals surface area contributed by atoms with Gasteiger partial charge in [0, 0.05) is 12.5 Å².